The second kappa shape index (κ2) is 7.25. The van der Waals surface area contributed by atoms with Gasteiger partial charge < -0.3 is 4.74 Å². The molecule has 28 heavy (non-hydrogen) atoms. The molecule has 1 heterocycles. The number of benzene rings is 2. The van der Waals surface area contributed by atoms with Crippen molar-refractivity contribution in [3.05, 3.63) is 57.6 Å². The Morgan fingerprint density at radius 2 is 2.04 bits per heavy atom. The summed E-state index contributed by atoms with van der Waals surface area (Å²) in [6, 6.07) is 6.96. The average molecular weight is 394 g/mol. The van der Waals surface area contributed by atoms with Gasteiger partial charge in [-0.25, -0.2) is 4.68 Å². The Hall–Kier alpha value is -3.50. The van der Waals surface area contributed by atoms with Crippen molar-refractivity contribution >= 4 is 22.5 Å². The van der Waals surface area contributed by atoms with Crippen LogP contribution in [0.2, 0.25) is 0 Å². The maximum Gasteiger partial charge on any atom is 0.416 e. The van der Waals surface area contributed by atoms with Crippen molar-refractivity contribution in [2.45, 2.75) is 19.6 Å². The smallest absolute Gasteiger partial charge is 0.416 e. The highest BCUT2D eigenvalue weighted by Gasteiger charge is 2.30. The number of fused-ring (bicyclic) bond motifs is 1. The third-order valence-electron chi connectivity index (χ3n) is 3.92. The lowest BCUT2D eigenvalue weighted by atomic mass is 10.2. The third-order valence-corrected chi connectivity index (χ3v) is 3.92. The van der Waals surface area contributed by atoms with Gasteiger partial charge in [0.15, 0.2) is 5.78 Å². The number of ether oxygens (including phenoxy) is 1. The van der Waals surface area contributed by atoms with Crippen LogP contribution in [0.5, 0.6) is 5.75 Å². The Balaban J connectivity index is 1.70. The molecule has 0 N–H and O–H groups in total. The van der Waals surface area contributed by atoms with Crippen molar-refractivity contribution in [3.8, 4) is 5.75 Å². The number of carbonyl (C=O) groups is 1. The third kappa shape index (κ3) is 4.08. The Morgan fingerprint density at radius 1 is 1.29 bits per heavy atom. The molecule has 146 valence electrons. The maximum atomic E-state index is 12.7. The Bertz CT molecular complexity index is 1060. The maximum absolute atomic E-state index is 12.7. The van der Waals surface area contributed by atoms with E-state index in [9.17, 15) is 28.1 Å². The van der Waals surface area contributed by atoms with E-state index in [1.54, 1.807) is 6.92 Å². The van der Waals surface area contributed by atoms with E-state index in [1.807, 2.05) is 0 Å². The molecule has 2 aromatic carbocycles. The molecule has 0 radical (unpaired) electrons. The molecule has 0 fully saturated rings. The van der Waals surface area contributed by atoms with Crippen LogP contribution >= 0.6 is 0 Å². The zero-order valence-electron chi connectivity index (χ0n) is 14.4. The fourth-order valence-electron chi connectivity index (χ4n) is 2.56. The summed E-state index contributed by atoms with van der Waals surface area (Å²) in [7, 11) is 0. The highest BCUT2D eigenvalue weighted by atomic mass is 19.4. The molecule has 1 aromatic heterocycles. The van der Waals surface area contributed by atoms with E-state index in [0.29, 0.717) is 11.1 Å². The Labute approximate surface area is 155 Å². The van der Waals surface area contributed by atoms with Crippen molar-refractivity contribution in [2.24, 2.45) is 0 Å². The Kier molecular flexibility index (Phi) is 4.99. The highest BCUT2D eigenvalue weighted by molar-refractivity contribution is 5.83. The second-order valence-corrected chi connectivity index (χ2v) is 5.98. The van der Waals surface area contributed by atoms with Crippen LogP contribution in [0.15, 0.2) is 36.4 Å². The van der Waals surface area contributed by atoms with E-state index in [1.165, 1.54) is 28.9 Å². The number of nitro benzene ring substituents is 1. The zero-order chi connectivity index (χ0) is 20.5. The largest absolute Gasteiger partial charge is 0.486 e. The normalized spacial score (nSPS) is 11.6. The van der Waals surface area contributed by atoms with E-state index < -0.39 is 29.1 Å². The molecule has 11 heteroatoms. The first-order chi connectivity index (χ1) is 13.1. The lowest BCUT2D eigenvalue weighted by Crippen LogP contribution is -2.19. The van der Waals surface area contributed by atoms with Crippen LogP contribution in [0.1, 0.15) is 11.1 Å². The van der Waals surface area contributed by atoms with Crippen LogP contribution in [0.3, 0.4) is 0 Å². The van der Waals surface area contributed by atoms with Gasteiger partial charge in [0.25, 0.3) is 5.69 Å². The SMILES string of the molecule is Cc1cc2c(cc1[N+](=O)[O-])nnn2CC(=O)COc1cccc(C(F)(F)F)c1. The van der Waals surface area contributed by atoms with Crippen molar-refractivity contribution < 1.29 is 27.6 Å². The minimum atomic E-state index is -4.51. The van der Waals surface area contributed by atoms with Gasteiger partial charge in [-0.2, -0.15) is 13.2 Å². The first kappa shape index (κ1) is 19.3. The van der Waals surface area contributed by atoms with Gasteiger partial charge in [-0.3, -0.25) is 14.9 Å². The van der Waals surface area contributed by atoms with E-state index in [0.717, 1.165) is 12.1 Å². The Morgan fingerprint density at radius 3 is 2.71 bits per heavy atom. The summed E-state index contributed by atoms with van der Waals surface area (Å²) in [4.78, 5) is 22.6. The van der Waals surface area contributed by atoms with E-state index in [-0.39, 0.29) is 23.5 Å². The summed E-state index contributed by atoms with van der Waals surface area (Å²) in [5.41, 5.74) is 0.0728. The summed E-state index contributed by atoms with van der Waals surface area (Å²) in [5.74, 6) is -0.543. The summed E-state index contributed by atoms with van der Waals surface area (Å²) in [5, 5.41) is 18.6. The molecule has 0 bridgehead atoms. The molecule has 3 aromatic rings. The van der Waals surface area contributed by atoms with E-state index in [4.69, 9.17) is 4.74 Å². The number of hydrogen-bond acceptors (Lipinski definition) is 6. The molecule has 0 aliphatic rings. The number of nitrogens with zero attached hydrogens (tertiary/aromatic N) is 4. The van der Waals surface area contributed by atoms with Crippen molar-refractivity contribution in [1.82, 2.24) is 15.0 Å². The molecule has 0 saturated heterocycles. The predicted octanol–water partition coefficient (Wildman–Crippen LogP) is 3.31. The summed E-state index contributed by atoms with van der Waals surface area (Å²) in [6.45, 7) is 0.842. The molecule has 3 rings (SSSR count). The van der Waals surface area contributed by atoms with Crippen molar-refractivity contribution in [2.75, 3.05) is 6.61 Å². The zero-order valence-corrected chi connectivity index (χ0v) is 14.4. The molecule has 0 aliphatic carbocycles. The van der Waals surface area contributed by atoms with Crippen LogP contribution in [0.4, 0.5) is 18.9 Å². The fourth-order valence-corrected chi connectivity index (χ4v) is 2.56. The molecule has 0 aliphatic heterocycles. The van der Waals surface area contributed by atoms with Crippen molar-refractivity contribution in [3.63, 3.8) is 0 Å². The number of aromatic nitrogens is 3. The second-order valence-electron chi connectivity index (χ2n) is 5.98. The van der Waals surface area contributed by atoms with Crippen LogP contribution < -0.4 is 4.74 Å². The van der Waals surface area contributed by atoms with Crippen LogP contribution in [-0.4, -0.2) is 32.3 Å². The van der Waals surface area contributed by atoms with Gasteiger partial charge in [-0.15, -0.1) is 5.10 Å². The van der Waals surface area contributed by atoms with Gasteiger partial charge in [-0.1, -0.05) is 11.3 Å². The molecule has 0 saturated carbocycles. The predicted molar refractivity (Wildman–Crippen MR) is 90.9 cm³/mol. The van der Waals surface area contributed by atoms with Crippen molar-refractivity contribution in [1.29, 1.82) is 0 Å². The molecule has 0 unspecified atom stereocenters. The minimum absolute atomic E-state index is 0.0851. The lowest BCUT2D eigenvalue weighted by Gasteiger charge is -2.10. The fraction of sp³-hybridized carbons (Fsp3) is 0.235. The first-order valence-electron chi connectivity index (χ1n) is 7.95. The van der Waals surface area contributed by atoms with E-state index >= 15 is 0 Å². The number of halogens is 3. The number of aryl methyl sites for hydroxylation is 1. The number of carbonyl (C=O) groups excluding carboxylic acids is 1. The number of Topliss-reactive ketones (excluding diaryl/α,β-unsaturated/α-hetero) is 1. The quantitative estimate of drug-likeness (QED) is 0.470. The van der Waals surface area contributed by atoms with Gasteiger partial charge in [0, 0.05) is 11.6 Å². The van der Waals surface area contributed by atoms with E-state index in [2.05, 4.69) is 10.3 Å². The topological polar surface area (TPSA) is 100 Å². The molecule has 8 nitrogen and oxygen atoms in total. The molecule has 0 atom stereocenters. The van der Waals surface area contributed by atoms with Gasteiger partial charge in [0.1, 0.15) is 24.4 Å². The lowest BCUT2D eigenvalue weighted by molar-refractivity contribution is -0.385. The first-order valence-corrected chi connectivity index (χ1v) is 7.95. The van der Waals surface area contributed by atoms with Gasteiger partial charge in [0.05, 0.1) is 16.0 Å². The van der Waals surface area contributed by atoms with Crippen LogP contribution in [-0.2, 0) is 17.5 Å². The molecular formula is C17H13F3N4O4. The highest BCUT2D eigenvalue weighted by Crippen LogP contribution is 2.31. The number of ketones is 1. The summed E-state index contributed by atoms with van der Waals surface area (Å²) < 4.78 is 44.5. The summed E-state index contributed by atoms with van der Waals surface area (Å²) in [6.07, 6.45) is -4.51. The monoisotopic (exact) mass is 394 g/mol. The molecule has 0 amide bonds. The number of nitro groups is 1. The number of rotatable bonds is 6. The number of hydrogen-bond donors (Lipinski definition) is 0. The standard InChI is InChI=1S/C17H13F3N4O4/c1-10-5-16-14(7-15(10)24(26)27)21-22-23(16)8-12(25)9-28-13-4-2-3-11(6-13)17(18,19)20/h2-7H,8-9H2,1H3. The summed E-state index contributed by atoms with van der Waals surface area (Å²) >= 11 is 0. The average Bonchev–Trinajstić information content (AvgIpc) is 3.00. The van der Waals surface area contributed by atoms with Crippen LogP contribution in [0, 0.1) is 17.0 Å². The van der Waals surface area contributed by atoms with Gasteiger partial charge in [-0.05, 0) is 31.2 Å². The van der Waals surface area contributed by atoms with Gasteiger partial charge >= 0.3 is 6.18 Å². The van der Waals surface area contributed by atoms with Gasteiger partial charge in [0.2, 0.25) is 0 Å². The minimum Gasteiger partial charge on any atom is -0.486 e. The number of alkyl halides is 3. The molecule has 0 spiro atoms. The van der Waals surface area contributed by atoms with Crippen LogP contribution in [0.25, 0.3) is 11.0 Å². The molecular weight excluding hydrogens is 381 g/mol.